The third-order valence-electron chi connectivity index (χ3n) is 3.09. The van der Waals surface area contributed by atoms with E-state index in [1.165, 1.54) is 6.20 Å². The highest BCUT2D eigenvalue weighted by Crippen LogP contribution is 2.19. The van der Waals surface area contributed by atoms with Gasteiger partial charge in [0.15, 0.2) is 0 Å². The van der Waals surface area contributed by atoms with Crippen molar-refractivity contribution in [2.45, 2.75) is 6.92 Å². The number of pyridine rings is 1. The molecule has 0 saturated carbocycles. The lowest BCUT2D eigenvalue weighted by Crippen LogP contribution is -2.13. The van der Waals surface area contributed by atoms with Gasteiger partial charge in [0.1, 0.15) is 5.69 Å². The van der Waals surface area contributed by atoms with Gasteiger partial charge >= 0.3 is 5.97 Å². The standard InChI is InChI=1S/C14H12N4O3/c1-8-6-10(12(16-8)14(20)21)17-13(19)9-7-15-18-5-3-2-4-11(9)18/h2-7,16H,1H3,(H,17,19)(H,20,21). The van der Waals surface area contributed by atoms with Gasteiger partial charge in [-0.1, -0.05) is 6.07 Å². The molecule has 3 rings (SSSR count). The van der Waals surface area contributed by atoms with Crippen molar-refractivity contribution in [3.05, 3.63) is 53.6 Å². The van der Waals surface area contributed by atoms with Crippen LogP contribution in [0.5, 0.6) is 0 Å². The largest absolute Gasteiger partial charge is 0.477 e. The molecule has 21 heavy (non-hydrogen) atoms. The minimum absolute atomic E-state index is 0.0441. The molecular formula is C14H12N4O3. The van der Waals surface area contributed by atoms with Crippen molar-refractivity contribution in [2.75, 3.05) is 5.32 Å². The Hall–Kier alpha value is -3.09. The van der Waals surface area contributed by atoms with Crippen LogP contribution in [0.1, 0.15) is 26.5 Å². The molecule has 0 radical (unpaired) electrons. The fourth-order valence-electron chi connectivity index (χ4n) is 2.16. The molecule has 3 aromatic heterocycles. The van der Waals surface area contributed by atoms with Gasteiger partial charge in [-0.05, 0) is 25.1 Å². The number of amides is 1. The number of nitrogens with zero attached hydrogens (tertiary/aromatic N) is 2. The predicted molar refractivity (Wildman–Crippen MR) is 75.6 cm³/mol. The summed E-state index contributed by atoms with van der Waals surface area (Å²) < 4.78 is 1.58. The van der Waals surface area contributed by atoms with E-state index in [4.69, 9.17) is 5.11 Å². The molecule has 0 aliphatic carbocycles. The van der Waals surface area contributed by atoms with Crippen LogP contribution in [-0.2, 0) is 0 Å². The van der Waals surface area contributed by atoms with Gasteiger partial charge in [0.2, 0.25) is 0 Å². The molecule has 0 fully saturated rings. The number of hydrogen-bond donors (Lipinski definition) is 3. The van der Waals surface area contributed by atoms with Crippen LogP contribution in [0.4, 0.5) is 5.69 Å². The molecule has 0 saturated heterocycles. The van der Waals surface area contributed by atoms with Gasteiger partial charge in [0, 0.05) is 11.9 Å². The highest BCUT2D eigenvalue weighted by molar-refractivity contribution is 6.10. The summed E-state index contributed by atoms with van der Waals surface area (Å²) in [5.74, 6) is -1.53. The zero-order chi connectivity index (χ0) is 15.0. The summed E-state index contributed by atoms with van der Waals surface area (Å²) in [5, 5.41) is 15.8. The first-order valence-electron chi connectivity index (χ1n) is 6.23. The molecule has 0 aliphatic heterocycles. The Labute approximate surface area is 119 Å². The molecule has 0 spiro atoms. The molecule has 1 amide bonds. The maximum atomic E-state index is 12.3. The summed E-state index contributed by atoms with van der Waals surface area (Å²) in [6, 6.07) is 6.95. The van der Waals surface area contributed by atoms with Crippen molar-refractivity contribution < 1.29 is 14.7 Å². The number of aromatic carboxylic acids is 1. The van der Waals surface area contributed by atoms with Gasteiger partial charge in [0.05, 0.1) is 23.0 Å². The van der Waals surface area contributed by atoms with E-state index in [1.807, 2.05) is 0 Å². The van der Waals surface area contributed by atoms with Gasteiger partial charge in [-0.25, -0.2) is 9.31 Å². The summed E-state index contributed by atoms with van der Waals surface area (Å²) in [5.41, 5.74) is 1.88. The van der Waals surface area contributed by atoms with Crippen LogP contribution in [0.3, 0.4) is 0 Å². The van der Waals surface area contributed by atoms with E-state index in [1.54, 1.807) is 41.9 Å². The first-order chi connectivity index (χ1) is 10.1. The van der Waals surface area contributed by atoms with Gasteiger partial charge < -0.3 is 15.4 Å². The molecular weight excluding hydrogens is 272 g/mol. The number of carboxylic acid groups (broad SMARTS) is 1. The number of aryl methyl sites for hydroxylation is 1. The average Bonchev–Trinajstić information content (AvgIpc) is 3.02. The Morgan fingerprint density at radius 1 is 1.38 bits per heavy atom. The number of H-pyrrole nitrogens is 1. The molecule has 3 N–H and O–H groups in total. The predicted octanol–water partition coefficient (Wildman–Crippen LogP) is 1.92. The van der Waals surface area contributed by atoms with Crippen LogP contribution in [0.25, 0.3) is 5.52 Å². The topological polar surface area (TPSA) is 99.5 Å². The molecule has 3 aromatic rings. The summed E-state index contributed by atoms with van der Waals surface area (Å²) in [6.45, 7) is 1.72. The van der Waals surface area contributed by atoms with E-state index in [9.17, 15) is 9.59 Å². The summed E-state index contributed by atoms with van der Waals surface area (Å²) in [6.07, 6.45) is 3.18. The Balaban J connectivity index is 1.95. The molecule has 0 bridgehead atoms. The van der Waals surface area contributed by atoms with Crippen molar-refractivity contribution in [1.82, 2.24) is 14.6 Å². The molecule has 3 heterocycles. The van der Waals surface area contributed by atoms with E-state index in [0.717, 1.165) is 0 Å². The Kier molecular flexibility index (Phi) is 2.94. The molecule has 106 valence electrons. The number of rotatable bonds is 3. The second-order valence-electron chi connectivity index (χ2n) is 4.59. The molecule has 0 unspecified atom stereocenters. The number of carboxylic acids is 1. The van der Waals surface area contributed by atoms with E-state index in [-0.39, 0.29) is 11.4 Å². The number of carbonyl (C=O) groups excluding carboxylic acids is 1. The smallest absolute Gasteiger partial charge is 0.354 e. The quantitative estimate of drug-likeness (QED) is 0.684. The molecule has 0 atom stereocenters. The lowest BCUT2D eigenvalue weighted by atomic mass is 10.2. The number of aromatic amines is 1. The van der Waals surface area contributed by atoms with Crippen LogP contribution in [0.15, 0.2) is 36.7 Å². The Morgan fingerprint density at radius 3 is 2.95 bits per heavy atom. The van der Waals surface area contributed by atoms with Gasteiger partial charge in [-0.3, -0.25) is 4.79 Å². The number of carbonyl (C=O) groups is 2. The minimum atomic E-state index is -1.13. The van der Waals surface area contributed by atoms with E-state index >= 15 is 0 Å². The van der Waals surface area contributed by atoms with E-state index < -0.39 is 11.9 Å². The van der Waals surface area contributed by atoms with Crippen molar-refractivity contribution in [1.29, 1.82) is 0 Å². The molecule has 0 aromatic carbocycles. The monoisotopic (exact) mass is 284 g/mol. The summed E-state index contributed by atoms with van der Waals surface area (Å²) in [7, 11) is 0. The zero-order valence-electron chi connectivity index (χ0n) is 11.1. The molecule has 7 nitrogen and oxygen atoms in total. The van der Waals surface area contributed by atoms with E-state index in [2.05, 4.69) is 15.4 Å². The van der Waals surface area contributed by atoms with Crippen LogP contribution in [-0.4, -0.2) is 31.6 Å². The first-order valence-corrected chi connectivity index (χ1v) is 6.23. The number of nitrogens with one attached hydrogen (secondary N) is 2. The van der Waals surface area contributed by atoms with Gasteiger partial charge in [-0.2, -0.15) is 5.10 Å². The van der Waals surface area contributed by atoms with E-state index in [0.29, 0.717) is 16.8 Å². The number of anilines is 1. The third kappa shape index (κ3) is 2.25. The summed E-state index contributed by atoms with van der Waals surface area (Å²) >= 11 is 0. The SMILES string of the molecule is Cc1cc(NC(=O)c2cnn3ccccc23)c(C(=O)O)[nH]1. The number of fused-ring (bicyclic) bond motifs is 1. The fourth-order valence-corrected chi connectivity index (χ4v) is 2.16. The van der Waals surface area contributed by atoms with Gasteiger partial charge in [0.25, 0.3) is 5.91 Å². The molecule has 0 aliphatic rings. The number of aromatic nitrogens is 3. The second-order valence-corrected chi connectivity index (χ2v) is 4.59. The highest BCUT2D eigenvalue weighted by Gasteiger charge is 2.18. The molecule has 7 heteroatoms. The van der Waals surface area contributed by atoms with Crippen LogP contribution < -0.4 is 5.32 Å². The lowest BCUT2D eigenvalue weighted by molar-refractivity contribution is 0.0692. The highest BCUT2D eigenvalue weighted by atomic mass is 16.4. The summed E-state index contributed by atoms with van der Waals surface area (Å²) in [4.78, 5) is 26.1. The zero-order valence-corrected chi connectivity index (χ0v) is 11.1. The maximum absolute atomic E-state index is 12.3. The van der Waals surface area contributed by atoms with Crippen LogP contribution in [0, 0.1) is 6.92 Å². The van der Waals surface area contributed by atoms with Gasteiger partial charge in [-0.15, -0.1) is 0 Å². The van der Waals surface area contributed by atoms with Crippen LogP contribution >= 0.6 is 0 Å². The number of hydrogen-bond acceptors (Lipinski definition) is 3. The van der Waals surface area contributed by atoms with Crippen molar-refractivity contribution in [2.24, 2.45) is 0 Å². The fraction of sp³-hybridized carbons (Fsp3) is 0.0714. The minimum Gasteiger partial charge on any atom is -0.477 e. The average molecular weight is 284 g/mol. The maximum Gasteiger partial charge on any atom is 0.354 e. The van der Waals surface area contributed by atoms with Crippen LogP contribution in [0.2, 0.25) is 0 Å². The Morgan fingerprint density at radius 2 is 2.19 bits per heavy atom. The van der Waals surface area contributed by atoms with Crippen molar-refractivity contribution in [3.63, 3.8) is 0 Å². The third-order valence-corrected chi connectivity index (χ3v) is 3.09. The normalized spacial score (nSPS) is 10.7. The lowest BCUT2D eigenvalue weighted by Gasteiger charge is -2.03. The Bertz CT molecular complexity index is 847. The van der Waals surface area contributed by atoms with Crippen molar-refractivity contribution >= 4 is 23.1 Å². The second kappa shape index (κ2) is 4.78. The first kappa shape index (κ1) is 12.9. The van der Waals surface area contributed by atoms with Crippen molar-refractivity contribution in [3.8, 4) is 0 Å².